The summed E-state index contributed by atoms with van der Waals surface area (Å²) in [6.07, 6.45) is 3.15. The molecule has 1 aliphatic rings. The summed E-state index contributed by atoms with van der Waals surface area (Å²) >= 11 is 0. The molecule has 0 bridgehead atoms. The molecule has 0 aliphatic heterocycles. The van der Waals surface area contributed by atoms with E-state index in [1.165, 1.54) is 0 Å². The summed E-state index contributed by atoms with van der Waals surface area (Å²) < 4.78 is 0. The second-order valence-corrected chi connectivity index (χ2v) is 6.55. The van der Waals surface area contributed by atoms with Crippen LogP contribution in [0.4, 0.5) is 4.79 Å². The molecular formula is C15H32N4O2. The zero-order valence-electron chi connectivity index (χ0n) is 14.0. The van der Waals surface area contributed by atoms with E-state index in [4.69, 9.17) is 0 Å². The number of aliphatic hydroxyl groups excluding tert-OH is 1. The van der Waals surface area contributed by atoms with Crippen molar-refractivity contribution in [2.45, 2.75) is 37.8 Å². The van der Waals surface area contributed by atoms with Crippen molar-refractivity contribution < 1.29 is 9.90 Å². The first-order valence-electron chi connectivity index (χ1n) is 7.91. The van der Waals surface area contributed by atoms with E-state index in [2.05, 4.69) is 15.1 Å². The first-order valence-corrected chi connectivity index (χ1v) is 7.91. The zero-order valence-corrected chi connectivity index (χ0v) is 14.0. The van der Waals surface area contributed by atoms with Crippen molar-refractivity contribution in [3.8, 4) is 0 Å². The summed E-state index contributed by atoms with van der Waals surface area (Å²) in [5.74, 6) is 0. The normalized spacial score (nSPS) is 22.6. The lowest BCUT2D eigenvalue weighted by atomic mass is 9.93. The van der Waals surface area contributed by atoms with Crippen LogP contribution >= 0.6 is 0 Å². The van der Waals surface area contributed by atoms with Crippen molar-refractivity contribution >= 4 is 6.03 Å². The predicted octanol–water partition coefficient (Wildman–Crippen LogP) is 0.425. The van der Waals surface area contributed by atoms with Crippen molar-refractivity contribution in [1.29, 1.82) is 0 Å². The summed E-state index contributed by atoms with van der Waals surface area (Å²) in [6.45, 7) is 3.21. The van der Waals surface area contributed by atoms with Crippen LogP contribution in [0.2, 0.25) is 0 Å². The summed E-state index contributed by atoms with van der Waals surface area (Å²) in [5.41, 5.74) is 0. The average molecular weight is 300 g/mol. The Morgan fingerprint density at radius 1 is 0.952 bits per heavy atom. The maximum absolute atomic E-state index is 12.4. The van der Waals surface area contributed by atoms with E-state index in [9.17, 15) is 9.90 Å². The molecule has 0 aromatic carbocycles. The molecule has 0 aromatic heterocycles. The number of rotatable bonds is 7. The molecule has 0 spiro atoms. The van der Waals surface area contributed by atoms with Crippen LogP contribution < -0.4 is 5.32 Å². The van der Waals surface area contributed by atoms with E-state index in [0.717, 1.165) is 51.9 Å². The minimum absolute atomic E-state index is 0.0279. The molecule has 0 heterocycles. The third kappa shape index (κ3) is 7.64. The van der Waals surface area contributed by atoms with Gasteiger partial charge in [-0.15, -0.1) is 0 Å². The highest BCUT2D eigenvalue weighted by Gasteiger charge is 2.23. The number of hydrogen-bond acceptors (Lipinski definition) is 4. The van der Waals surface area contributed by atoms with Gasteiger partial charge in [-0.25, -0.2) is 4.79 Å². The van der Waals surface area contributed by atoms with Crippen LogP contribution in [0.25, 0.3) is 0 Å². The fourth-order valence-electron chi connectivity index (χ4n) is 2.44. The highest BCUT2D eigenvalue weighted by atomic mass is 16.3. The first-order chi connectivity index (χ1) is 9.88. The van der Waals surface area contributed by atoms with Gasteiger partial charge in [-0.2, -0.15) is 0 Å². The monoisotopic (exact) mass is 300 g/mol. The van der Waals surface area contributed by atoms with Crippen LogP contribution in [0.3, 0.4) is 0 Å². The molecule has 6 nitrogen and oxygen atoms in total. The Morgan fingerprint density at radius 2 is 1.43 bits per heavy atom. The van der Waals surface area contributed by atoms with Gasteiger partial charge in [0.15, 0.2) is 0 Å². The number of likely N-dealkylation sites (N-methyl/N-ethyl adjacent to an activating group) is 2. The standard InChI is InChI=1S/C15H32N4O2/c1-17(2)9-11-19(12-10-18(3)4)15(21)16-13-5-7-14(20)8-6-13/h13-14,20H,5-12H2,1-4H3,(H,16,21). The van der Waals surface area contributed by atoms with Gasteiger partial charge in [0.2, 0.25) is 0 Å². The van der Waals surface area contributed by atoms with Gasteiger partial charge in [-0.3, -0.25) is 0 Å². The van der Waals surface area contributed by atoms with E-state index in [0.29, 0.717) is 0 Å². The SMILES string of the molecule is CN(C)CCN(CCN(C)C)C(=O)NC1CCC(O)CC1. The molecule has 124 valence electrons. The van der Waals surface area contributed by atoms with Gasteiger partial charge in [0.05, 0.1) is 6.10 Å². The number of amides is 2. The molecule has 0 aromatic rings. The van der Waals surface area contributed by atoms with Crippen LogP contribution in [-0.4, -0.2) is 92.4 Å². The number of urea groups is 1. The third-order valence-corrected chi connectivity index (χ3v) is 3.95. The number of carbonyl (C=O) groups excluding carboxylic acids is 1. The van der Waals surface area contributed by atoms with E-state index < -0.39 is 0 Å². The lowest BCUT2D eigenvalue weighted by Gasteiger charge is -2.31. The van der Waals surface area contributed by atoms with E-state index in [1.54, 1.807) is 0 Å². The van der Waals surface area contributed by atoms with Gasteiger partial charge >= 0.3 is 6.03 Å². The quantitative estimate of drug-likeness (QED) is 0.716. The Balaban J connectivity index is 2.44. The Kier molecular flexibility index (Phi) is 8.00. The molecular weight excluding hydrogens is 268 g/mol. The molecule has 1 rings (SSSR count). The first kappa shape index (κ1) is 18.2. The maximum atomic E-state index is 12.4. The van der Waals surface area contributed by atoms with Crippen molar-refractivity contribution in [2.24, 2.45) is 0 Å². The Labute approximate surface area is 129 Å². The molecule has 1 saturated carbocycles. The molecule has 0 unspecified atom stereocenters. The Hall–Kier alpha value is -0.850. The number of carbonyl (C=O) groups is 1. The molecule has 21 heavy (non-hydrogen) atoms. The number of aliphatic hydroxyl groups is 1. The smallest absolute Gasteiger partial charge is 0.317 e. The predicted molar refractivity (Wildman–Crippen MR) is 85.5 cm³/mol. The topological polar surface area (TPSA) is 59.0 Å². The minimum atomic E-state index is -0.184. The van der Waals surface area contributed by atoms with Crippen molar-refractivity contribution in [3.05, 3.63) is 0 Å². The molecule has 0 atom stereocenters. The lowest BCUT2D eigenvalue weighted by Crippen LogP contribution is -2.49. The average Bonchev–Trinajstić information content (AvgIpc) is 2.40. The van der Waals surface area contributed by atoms with Crippen LogP contribution in [-0.2, 0) is 0 Å². The lowest BCUT2D eigenvalue weighted by molar-refractivity contribution is 0.114. The van der Waals surface area contributed by atoms with E-state index in [1.807, 2.05) is 33.1 Å². The van der Waals surface area contributed by atoms with E-state index >= 15 is 0 Å². The molecule has 2 N–H and O–H groups in total. The fourth-order valence-corrected chi connectivity index (χ4v) is 2.44. The summed E-state index contributed by atoms with van der Waals surface area (Å²) in [5, 5.41) is 12.7. The molecule has 2 amide bonds. The Bertz CT molecular complexity index is 290. The molecule has 1 aliphatic carbocycles. The van der Waals surface area contributed by atoms with Crippen molar-refractivity contribution in [1.82, 2.24) is 20.0 Å². The van der Waals surface area contributed by atoms with Gasteiger partial charge in [0, 0.05) is 32.2 Å². The second-order valence-electron chi connectivity index (χ2n) is 6.55. The Morgan fingerprint density at radius 3 is 1.86 bits per heavy atom. The number of nitrogens with zero attached hydrogens (tertiary/aromatic N) is 3. The molecule has 0 saturated heterocycles. The zero-order chi connectivity index (χ0) is 15.8. The number of hydrogen-bond donors (Lipinski definition) is 2. The van der Waals surface area contributed by atoms with Crippen molar-refractivity contribution in [3.63, 3.8) is 0 Å². The summed E-state index contributed by atoms with van der Waals surface area (Å²) in [7, 11) is 8.07. The minimum Gasteiger partial charge on any atom is -0.393 e. The van der Waals surface area contributed by atoms with Gasteiger partial charge in [0.1, 0.15) is 0 Å². The van der Waals surface area contributed by atoms with Gasteiger partial charge in [-0.05, 0) is 53.9 Å². The highest BCUT2D eigenvalue weighted by Crippen LogP contribution is 2.18. The molecule has 1 fully saturated rings. The van der Waals surface area contributed by atoms with Crippen LogP contribution in [0.5, 0.6) is 0 Å². The highest BCUT2D eigenvalue weighted by molar-refractivity contribution is 5.74. The van der Waals surface area contributed by atoms with Crippen LogP contribution in [0, 0.1) is 0 Å². The number of nitrogens with one attached hydrogen (secondary N) is 1. The van der Waals surface area contributed by atoms with Crippen LogP contribution in [0.15, 0.2) is 0 Å². The van der Waals surface area contributed by atoms with Crippen molar-refractivity contribution in [2.75, 3.05) is 54.4 Å². The van der Waals surface area contributed by atoms with Gasteiger partial charge in [-0.1, -0.05) is 0 Å². The fraction of sp³-hybridized carbons (Fsp3) is 0.933. The largest absolute Gasteiger partial charge is 0.393 e. The maximum Gasteiger partial charge on any atom is 0.317 e. The van der Waals surface area contributed by atoms with E-state index in [-0.39, 0.29) is 18.2 Å². The van der Waals surface area contributed by atoms with Gasteiger partial charge in [0.25, 0.3) is 0 Å². The van der Waals surface area contributed by atoms with Gasteiger partial charge < -0.3 is 25.1 Å². The van der Waals surface area contributed by atoms with Crippen LogP contribution in [0.1, 0.15) is 25.7 Å². The molecule has 0 radical (unpaired) electrons. The third-order valence-electron chi connectivity index (χ3n) is 3.95. The second kappa shape index (κ2) is 9.23. The summed E-state index contributed by atoms with van der Waals surface area (Å²) in [6, 6.07) is 0.238. The molecule has 6 heteroatoms. The summed E-state index contributed by atoms with van der Waals surface area (Å²) in [4.78, 5) is 18.5.